The number of hydrogen-bond donors (Lipinski definition) is 3. The molecule has 29 heavy (non-hydrogen) atoms. The Bertz CT molecular complexity index is 1220. The fourth-order valence-electron chi connectivity index (χ4n) is 2.93. The minimum absolute atomic E-state index is 0.0776. The summed E-state index contributed by atoms with van der Waals surface area (Å²) in [7, 11) is 0. The molecule has 0 aliphatic heterocycles. The van der Waals surface area contributed by atoms with E-state index in [1.807, 2.05) is 30.3 Å². The van der Waals surface area contributed by atoms with Crippen molar-refractivity contribution in [3.8, 4) is 11.1 Å². The Hall–Kier alpha value is -2.95. The topological polar surface area (TPSA) is 69.6 Å². The molecule has 3 aromatic carbocycles. The molecule has 0 saturated heterocycles. The first-order valence-electron chi connectivity index (χ1n) is 12.3. The van der Waals surface area contributed by atoms with Gasteiger partial charge in [-0.25, -0.2) is 4.79 Å². The molecule has 0 aromatic heterocycles. The van der Waals surface area contributed by atoms with Crippen molar-refractivity contribution in [2.24, 2.45) is 0 Å². The van der Waals surface area contributed by atoms with E-state index in [1.165, 1.54) is 13.0 Å². The fourth-order valence-corrected chi connectivity index (χ4v) is 2.93. The predicted octanol–water partition coefficient (Wildman–Crippen LogP) is 4.62. The van der Waals surface area contributed by atoms with E-state index in [-0.39, 0.29) is 47.8 Å². The number of aliphatic hydroxyl groups is 1. The SMILES string of the molecule is [2H]c1c([2H])c(C)c([2H])c([C@@H](O)CNC([2H])([2H])CCc2cccc(-c3cccc(C(=O)O)c3)c2)c1[2H]. The van der Waals surface area contributed by atoms with Crippen molar-refractivity contribution in [2.75, 3.05) is 13.0 Å². The molecule has 3 N–H and O–H groups in total. The summed E-state index contributed by atoms with van der Waals surface area (Å²) in [5.41, 5.74) is 2.71. The quantitative estimate of drug-likeness (QED) is 0.495. The predicted molar refractivity (Wildman–Crippen MR) is 116 cm³/mol. The highest BCUT2D eigenvalue weighted by Crippen LogP contribution is 2.22. The first kappa shape index (κ1) is 14.1. The van der Waals surface area contributed by atoms with Crippen LogP contribution in [0.15, 0.2) is 72.7 Å². The summed E-state index contributed by atoms with van der Waals surface area (Å²) in [6.07, 6.45) is -0.925. The number of aromatic carboxylic acids is 1. The highest BCUT2D eigenvalue weighted by molar-refractivity contribution is 5.89. The standard InChI is InChI=1S/C25H27NO3/c1-18-6-2-11-22(14-18)24(27)17-26-13-5-8-19-7-3-9-20(15-19)21-10-4-12-23(16-21)25(28)29/h2-4,6-7,9-12,14-16,24,26-27H,5,8,13,17H2,1H3,(H,28,29)/t24-/m0/s1/i2D,6D,11D,13D2,14D. The number of aryl methyl sites for hydroxylation is 1. The Morgan fingerprint density at radius 3 is 2.72 bits per heavy atom. The van der Waals surface area contributed by atoms with Crippen LogP contribution in [0.4, 0.5) is 0 Å². The molecule has 1 atom stereocenters. The molecule has 4 heteroatoms. The van der Waals surface area contributed by atoms with Crippen molar-refractivity contribution in [2.45, 2.75) is 25.9 Å². The smallest absolute Gasteiger partial charge is 0.335 e. The van der Waals surface area contributed by atoms with Crippen molar-refractivity contribution in [3.63, 3.8) is 0 Å². The van der Waals surface area contributed by atoms with Gasteiger partial charge in [0, 0.05) is 9.29 Å². The first-order valence-corrected chi connectivity index (χ1v) is 9.34. The van der Waals surface area contributed by atoms with Gasteiger partial charge < -0.3 is 15.5 Å². The molecule has 0 aliphatic rings. The zero-order valence-electron chi connectivity index (χ0n) is 22.1. The second kappa shape index (κ2) is 10.0. The van der Waals surface area contributed by atoms with E-state index < -0.39 is 24.6 Å². The molecular weight excluding hydrogens is 362 g/mol. The molecule has 0 heterocycles. The van der Waals surface area contributed by atoms with Crippen LogP contribution in [0.5, 0.6) is 0 Å². The monoisotopic (exact) mass is 395 g/mol. The Balaban J connectivity index is 1.67. The van der Waals surface area contributed by atoms with Crippen LogP contribution in [-0.2, 0) is 6.42 Å². The van der Waals surface area contributed by atoms with Gasteiger partial charge in [-0.2, -0.15) is 0 Å². The number of nitrogens with one attached hydrogen (secondary N) is 1. The van der Waals surface area contributed by atoms with E-state index in [9.17, 15) is 15.0 Å². The Morgan fingerprint density at radius 1 is 1.17 bits per heavy atom. The number of rotatable bonds is 9. The molecule has 0 spiro atoms. The van der Waals surface area contributed by atoms with Gasteiger partial charge in [0.2, 0.25) is 0 Å². The van der Waals surface area contributed by atoms with E-state index in [4.69, 9.17) is 8.22 Å². The van der Waals surface area contributed by atoms with Crippen molar-refractivity contribution in [3.05, 3.63) is 95.0 Å². The van der Waals surface area contributed by atoms with Gasteiger partial charge in [-0.3, -0.25) is 0 Å². The third kappa shape index (κ3) is 6.01. The largest absolute Gasteiger partial charge is 0.478 e. The minimum atomic E-state index is -1.86. The molecule has 4 nitrogen and oxygen atoms in total. The lowest BCUT2D eigenvalue weighted by molar-refractivity contribution is 0.0697. The summed E-state index contributed by atoms with van der Waals surface area (Å²) in [6, 6.07) is 12.8. The average Bonchev–Trinajstić information content (AvgIpc) is 2.84. The molecule has 0 aliphatic carbocycles. The molecule has 0 saturated carbocycles. The van der Waals surface area contributed by atoms with Gasteiger partial charge in [-0.1, -0.05) is 66.1 Å². The molecule has 0 unspecified atom stereocenters. The third-order valence-corrected chi connectivity index (χ3v) is 4.43. The molecule has 150 valence electrons. The summed E-state index contributed by atoms with van der Waals surface area (Å²) < 4.78 is 48.3. The van der Waals surface area contributed by atoms with E-state index >= 15 is 0 Å². The molecule has 3 rings (SSSR count). The zero-order valence-corrected chi connectivity index (χ0v) is 16.1. The van der Waals surface area contributed by atoms with Crippen LogP contribution in [-0.4, -0.2) is 29.2 Å². The Labute approximate surface area is 180 Å². The van der Waals surface area contributed by atoms with Crippen LogP contribution >= 0.6 is 0 Å². The summed E-state index contributed by atoms with van der Waals surface area (Å²) in [5.74, 6) is -1.01. The number of benzene rings is 3. The molecular formula is C25H27NO3. The van der Waals surface area contributed by atoms with Gasteiger partial charge in [-0.15, -0.1) is 0 Å². The lowest BCUT2D eigenvalue weighted by atomic mass is 9.99. The van der Waals surface area contributed by atoms with Gasteiger partial charge in [0.05, 0.1) is 17.2 Å². The molecule has 0 bridgehead atoms. The highest BCUT2D eigenvalue weighted by Gasteiger charge is 2.07. The minimum Gasteiger partial charge on any atom is -0.478 e. The number of carboxylic acids is 1. The Kier molecular flexibility index (Phi) is 4.87. The maximum atomic E-state index is 11.2. The van der Waals surface area contributed by atoms with Gasteiger partial charge >= 0.3 is 5.97 Å². The van der Waals surface area contributed by atoms with Gasteiger partial charge in [0.15, 0.2) is 0 Å². The second-order valence-electron chi connectivity index (χ2n) is 6.70. The van der Waals surface area contributed by atoms with Crippen LogP contribution in [0, 0.1) is 6.92 Å². The van der Waals surface area contributed by atoms with Crippen molar-refractivity contribution in [1.29, 1.82) is 0 Å². The second-order valence-corrected chi connectivity index (χ2v) is 6.70. The average molecular weight is 396 g/mol. The Morgan fingerprint density at radius 2 is 1.93 bits per heavy atom. The number of carbonyl (C=O) groups is 1. The van der Waals surface area contributed by atoms with E-state index in [1.54, 1.807) is 12.1 Å². The molecule has 0 amide bonds. The molecule has 3 aromatic rings. The van der Waals surface area contributed by atoms with Crippen molar-refractivity contribution in [1.82, 2.24) is 5.32 Å². The summed E-state index contributed by atoms with van der Waals surface area (Å²) >= 11 is 0. The summed E-state index contributed by atoms with van der Waals surface area (Å²) in [6.45, 7) is -0.640. The van der Waals surface area contributed by atoms with Crippen molar-refractivity contribution >= 4 is 5.97 Å². The third-order valence-electron chi connectivity index (χ3n) is 4.43. The van der Waals surface area contributed by atoms with Crippen LogP contribution in [0.2, 0.25) is 0 Å². The van der Waals surface area contributed by atoms with E-state index in [2.05, 4.69) is 5.32 Å². The zero-order chi connectivity index (χ0) is 25.9. The van der Waals surface area contributed by atoms with Gasteiger partial charge in [0.1, 0.15) is 0 Å². The van der Waals surface area contributed by atoms with Crippen LogP contribution < -0.4 is 5.32 Å². The number of hydrogen-bond acceptors (Lipinski definition) is 3. The van der Waals surface area contributed by atoms with Crippen LogP contribution in [0.25, 0.3) is 11.1 Å². The fraction of sp³-hybridized carbons (Fsp3) is 0.240. The molecule has 0 radical (unpaired) electrons. The lowest BCUT2D eigenvalue weighted by Crippen LogP contribution is -2.22. The van der Waals surface area contributed by atoms with E-state index in [0.717, 1.165) is 16.7 Å². The normalized spacial score (nSPS) is 15.4. The first-order chi connectivity index (χ1) is 16.4. The van der Waals surface area contributed by atoms with Crippen LogP contribution in [0.1, 0.15) is 47.8 Å². The van der Waals surface area contributed by atoms with Crippen LogP contribution in [0.3, 0.4) is 0 Å². The summed E-state index contributed by atoms with van der Waals surface area (Å²) in [5, 5.41) is 22.4. The maximum Gasteiger partial charge on any atom is 0.335 e. The molecule has 0 fully saturated rings. The number of carboxylic acid groups (broad SMARTS) is 1. The summed E-state index contributed by atoms with van der Waals surface area (Å²) in [4.78, 5) is 11.2. The maximum absolute atomic E-state index is 11.2. The van der Waals surface area contributed by atoms with Crippen molar-refractivity contribution < 1.29 is 23.2 Å². The number of aliphatic hydroxyl groups excluding tert-OH is 1. The van der Waals surface area contributed by atoms with E-state index in [0.29, 0.717) is 6.42 Å². The van der Waals surface area contributed by atoms with Gasteiger partial charge in [-0.05, 0) is 60.6 Å². The van der Waals surface area contributed by atoms with Gasteiger partial charge in [0.25, 0.3) is 0 Å². The lowest BCUT2D eigenvalue weighted by Gasteiger charge is -2.13. The highest BCUT2D eigenvalue weighted by atomic mass is 16.4.